The number of rotatable bonds is 8. The minimum absolute atomic E-state index is 0.104. The lowest BCUT2D eigenvalue weighted by molar-refractivity contribution is -0.256. The average molecular weight is 531 g/mol. The molecule has 1 unspecified atom stereocenters. The van der Waals surface area contributed by atoms with Crippen molar-refractivity contribution in [1.82, 2.24) is 14.8 Å². The van der Waals surface area contributed by atoms with Crippen molar-refractivity contribution in [2.24, 2.45) is 17.1 Å². The first-order chi connectivity index (χ1) is 18.1. The lowest BCUT2D eigenvalue weighted by Gasteiger charge is -2.47. The van der Waals surface area contributed by atoms with E-state index in [1.165, 1.54) is 6.07 Å². The van der Waals surface area contributed by atoms with Crippen molar-refractivity contribution in [3.63, 3.8) is 0 Å². The van der Waals surface area contributed by atoms with Crippen LogP contribution in [0.4, 0.5) is 17.6 Å². The first kappa shape index (κ1) is 27.1. The molecule has 1 aromatic carbocycles. The summed E-state index contributed by atoms with van der Waals surface area (Å²) in [6, 6.07) is 9.22. The van der Waals surface area contributed by atoms with E-state index in [1.807, 2.05) is 34.2 Å². The van der Waals surface area contributed by atoms with E-state index in [-0.39, 0.29) is 31.2 Å². The molecular weight excluding hydrogens is 492 g/mol. The topological polar surface area (TPSA) is 45.4 Å². The summed E-state index contributed by atoms with van der Waals surface area (Å²) in [6.45, 7) is 7.23. The van der Waals surface area contributed by atoms with Gasteiger partial charge in [-0.3, -0.25) is 4.98 Å². The number of nitrogens with zero attached hydrogens (tertiary/aromatic N) is 3. The Hall–Kier alpha value is -2.45. The summed E-state index contributed by atoms with van der Waals surface area (Å²) in [4.78, 5) is 8.64. The highest BCUT2D eigenvalue weighted by atomic mass is 19.4. The maximum Gasteiger partial charge on any atom is 0.395 e. The fourth-order valence-corrected chi connectivity index (χ4v) is 6.22. The Morgan fingerprint density at radius 3 is 2.39 bits per heavy atom. The molecular formula is C30H38F4N4. The van der Waals surface area contributed by atoms with Gasteiger partial charge in [0.1, 0.15) is 5.82 Å². The molecule has 206 valence electrons. The second-order valence-electron chi connectivity index (χ2n) is 11.6. The lowest BCUT2D eigenvalue weighted by Crippen LogP contribution is -2.53. The maximum atomic E-state index is 14.9. The fourth-order valence-electron chi connectivity index (χ4n) is 6.22. The SMILES string of the molecule is C=C(c1ccc(-c2ccc(CCC3CCN(CC4(C(F)(F)F)CCC4)CC3)cn2)cc1F)N1CCC(N)C1. The number of likely N-dealkylation sites (tertiary alicyclic amines) is 2. The van der Waals surface area contributed by atoms with Gasteiger partial charge in [0.25, 0.3) is 0 Å². The highest BCUT2D eigenvalue weighted by Gasteiger charge is 2.58. The number of hydrogen-bond donors (Lipinski definition) is 1. The molecule has 1 atom stereocenters. The first-order valence-corrected chi connectivity index (χ1v) is 13.9. The minimum atomic E-state index is -4.09. The number of hydrogen-bond acceptors (Lipinski definition) is 4. The zero-order chi connectivity index (χ0) is 26.9. The molecule has 1 aliphatic carbocycles. The molecule has 2 aromatic rings. The Labute approximate surface area is 222 Å². The van der Waals surface area contributed by atoms with Crippen LogP contribution < -0.4 is 5.73 Å². The molecule has 2 aliphatic heterocycles. The van der Waals surface area contributed by atoms with Crippen molar-refractivity contribution < 1.29 is 17.6 Å². The van der Waals surface area contributed by atoms with Crippen LogP contribution in [0.2, 0.25) is 0 Å². The first-order valence-electron chi connectivity index (χ1n) is 13.9. The van der Waals surface area contributed by atoms with Gasteiger partial charge in [0.2, 0.25) is 0 Å². The Morgan fingerprint density at radius 2 is 1.84 bits per heavy atom. The molecule has 2 N–H and O–H groups in total. The van der Waals surface area contributed by atoms with Crippen LogP contribution in [0.5, 0.6) is 0 Å². The van der Waals surface area contributed by atoms with Crippen molar-refractivity contribution in [3.05, 3.63) is 60.1 Å². The van der Waals surface area contributed by atoms with E-state index in [1.54, 1.807) is 6.07 Å². The van der Waals surface area contributed by atoms with Crippen LogP contribution in [-0.2, 0) is 6.42 Å². The van der Waals surface area contributed by atoms with Crippen molar-refractivity contribution in [2.45, 2.75) is 63.6 Å². The Balaban J connectivity index is 1.11. The van der Waals surface area contributed by atoms with Crippen molar-refractivity contribution >= 4 is 5.70 Å². The second kappa shape index (κ2) is 11.0. The van der Waals surface area contributed by atoms with E-state index in [4.69, 9.17) is 5.73 Å². The second-order valence-corrected chi connectivity index (χ2v) is 11.6. The highest BCUT2D eigenvalue weighted by molar-refractivity contribution is 5.68. The predicted octanol–water partition coefficient (Wildman–Crippen LogP) is 6.27. The summed E-state index contributed by atoms with van der Waals surface area (Å²) < 4.78 is 55.5. The number of nitrogens with two attached hydrogens (primary N) is 1. The molecule has 1 aromatic heterocycles. The van der Waals surface area contributed by atoms with E-state index >= 15 is 0 Å². The van der Waals surface area contributed by atoms with Crippen LogP contribution in [0.1, 0.15) is 56.1 Å². The normalized spacial score (nSPS) is 22.4. The van der Waals surface area contributed by atoms with E-state index < -0.39 is 11.6 Å². The summed E-state index contributed by atoms with van der Waals surface area (Å²) in [7, 11) is 0. The summed E-state index contributed by atoms with van der Waals surface area (Å²) >= 11 is 0. The van der Waals surface area contributed by atoms with Crippen LogP contribution in [0.3, 0.4) is 0 Å². The van der Waals surface area contributed by atoms with Crippen LogP contribution >= 0.6 is 0 Å². The molecule has 3 fully saturated rings. The maximum absolute atomic E-state index is 14.9. The van der Waals surface area contributed by atoms with Gasteiger partial charge in [-0.25, -0.2) is 4.39 Å². The number of pyridine rings is 1. The molecule has 1 saturated carbocycles. The highest BCUT2D eigenvalue weighted by Crippen LogP contribution is 2.53. The minimum Gasteiger partial charge on any atom is -0.370 e. The Bertz CT molecular complexity index is 1120. The van der Waals surface area contributed by atoms with Crippen molar-refractivity contribution in [1.29, 1.82) is 0 Å². The summed E-state index contributed by atoms with van der Waals surface area (Å²) in [5, 5.41) is 0. The van der Waals surface area contributed by atoms with E-state index in [0.29, 0.717) is 30.1 Å². The number of benzene rings is 1. The van der Waals surface area contributed by atoms with Gasteiger partial charge in [-0.15, -0.1) is 0 Å². The molecule has 0 amide bonds. The van der Waals surface area contributed by atoms with Gasteiger partial charge in [-0.1, -0.05) is 25.1 Å². The summed E-state index contributed by atoms with van der Waals surface area (Å²) in [5.41, 5.74) is 8.23. The fraction of sp³-hybridized carbons (Fsp3) is 0.567. The van der Waals surface area contributed by atoms with Crippen molar-refractivity contribution in [2.75, 3.05) is 32.7 Å². The van der Waals surface area contributed by atoms with Crippen LogP contribution in [0, 0.1) is 17.2 Å². The third kappa shape index (κ3) is 5.76. The van der Waals surface area contributed by atoms with Gasteiger partial charge in [-0.05, 0) is 87.7 Å². The molecule has 3 heterocycles. The molecule has 2 saturated heterocycles. The van der Waals surface area contributed by atoms with Crippen LogP contribution in [0.25, 0.3) is 17.0 Å². The van der Waals surface area contributed by atoms with E-state index in [0.717, 1.165) is 68.6 Å². The van der Waals surface area contributed by atoms with Gasteiger partial charge >= 0.3 is 6.18 Å². The molecule has 38 heavy (non-hydrogen) atoms. The van der Waals surface area contributed by atoms with Gasteiger partial charge in [-0.2, -0.15) is 13.2 Å². The molecule has 0 bridgehead atoms. The molecule has 0 spiro atoms. The zero-order valence-electron chi connectivity index (χ0n) is 21.9. The molecule has 3 aliphatic rings. The molecule has 8 heteroatoms. The lowest BCUT2D eigenvalue weighted by atomic mass is 9.67. The third-order valence-electron chi connectivity index (χ3n) is 8.99. The van der Waals surface area contributed by atoms with E-state index in [2.05, 4.69) is 11.6 Å². The number of halogens is 4. The van der Waals surface area contributed by atoms with Crippen LogP contribution in [-0.4, -0.2) is 59.7 Å². The summed E-state index contributed by atoms with van der Waals surface area (Å²) in [5.74, 6) is 0.206. The smallest absolute Gasteiger partial charge is 0.370 e. The number of aryl methyl sites for hydroxylation is 1. The number of alkyl halides is 3. The van der Waals surface area contributed by atoms with Crippen molar-refractivity contribution in [3.8, 4) is 11.3 Å². The van der Waals surface area contributed by atoms with Gasteiger partial charge in [0, 0.05) is 48.7 Å². The van der Waals surface area contributed by atoms with Gasteiger partial charge in [0.05, 0.1) is 11.1 Å². The summed E-state index contributed by atoms with van der Waals surface area (Å²) in [6.07, 6.45) is 3.67. The van der Waals surface area contributed by atoms with Gasteiger partial charge in [0.15, 0.2) is 0 Å². The predicted molar refractivity (Wildman–Crippen MR) is 143 cm³/mol. The Kier molecular flexibility index (Phi) is 7.83. The molecule has 5 rings (SSSR count). The van der Waals surface area contributed by atoms with E-state index in [9.17, 15) is 17.6 Å². The standard InChI is InChI=1S/C30H38F4N4/c1-21(38-16-11-25(35)19-38)26-7-6-24(17-27(26)31)28-8-5-23(18-36-28)4-3-22-9-14-37(15-10-22)20-29(12-2-13-29)30(32,33)34/h5-8,17-18,22,25H,1-4,9-16,19-20,35H2. The van der Waals surface area contributed by atoms with Gasteiger partial charge < -0.3 is 15.5 Å². The monoisotopic (exact) mass is 530 g/mol. The Morgan fingerprint density at radius 1 is 1.08 bits per heavy atom. The average Bonchev–Trinajstić information content (AvgIpc) is 3.31. The third-order valence-corrected chi connectivity index (χ3v) is 8.99. The quantitative estimate of drug-likeness (QED) is 0.409. The molecule has 4 nitrogen and oxygen atoms in total. The number of aromatic nitrogens is 1. The largest absolute Gasteiger partial charge is 0.395 e. The molecule has 0 radical (unpaired) electrons. The zero-order valence-corrected chi connectivity index (χ0v) is 21.9. The number of piperidine rings is 1. The van der Waals surface area contributed by atoms with Crippen LogP contribution in [0.15, 0.2) is 43.1 Å².